The van der Waals surface area contributed by atoms with Gasteiger partial charge in [0, 0.05) is 18.0 Å². The Morgan fingerprint density at radius 2 is 2.06 bits per heavy atom. The van der Waals surface area contributed by atoms with Gasteiger partial charge in [0.15, 0.2) is 5.78 Å². The highest BCUT2D eigenvalue weighted by atomic mass is 16.1. The van der Waals surface area contributed by atoms with Crippen molar-refractivity contribution in [3.63, 3.8) is 0 Å². The Hall–Kier alpha value is -1.15. The number of piperidine rings is 1. The van der Waals surface area contributed by atoms with Crippen LogP contribution in [-0.4, -0.2) is 18.4 Å². The van der Waals surface area contributed by atoms with Crippen molar-refractivity contribution >= 4 is 5.78 Å². The number of Topliss-reactive ketones (excluding diaryl/α,β-unsaturated/α-hetero) is 1. The van der Waals surface area contributed by atoms with Crippen LogP contribution in [0.25, 0.3) is 0 Å². The van der Waals surface area contributed by atoms with E-state index < -0.39 is 0 Å². The quantitative estimate of drug-likeness (QED) is 0.789. The minimum atomic E-state index is 0.263. The summed E-state index contributed by atoms with van der Waals surface area (Å²) in [7, 11) is 0. The first-order valence-electron chi connectivity index (χ1n) is 6.09. The van der Waals surface area contributed by atoms with Gasteiger partial charge in [-0.2, -0.15) is 0 Å². The average Bonchev–Trinajstić information content (AvgIpc) is 2.31. The molecule has 1 aliphatic rings. The Bertz CT molecular complexity index is 350. The fourth-order valence-electron chi connectivity index (χ4n) is 2.18. The average molecular weight is 217 g/mol. The molecule has 0 spiro atoms. The summed E-state index contributed by atoms with van der Waals surface area (Å²) < 4.78 is 0. The largest absolute Gasteiger partial charge is 0.314 e. The molecule has 1 saturated heterocycles. The van der Waals surface area contributed by atoms with Crippen LogP contribution in [0.2, 0.25) is 0 Å². The molecule has 2 nitrogen and oxygen atoms in total. The van der Waals surface area contributed by atoms with E-state index in [2.05, 4.69) is 5.32 Å². The maximum absolute atomic E-state index is 12.0. The summed E-state index contributed by atoms with van der Waals surface area (Å²) in [5.74, 6) is 0.263. The molecule has 1 heterocycles. The van der Waals surface area contributed by atoms with Crippen LogP contribution in [0.15, 0.2) is 24.3 Å². The van der Waals surface area contributed by atoms with Gasteiger partial charge in [-0.05, 0) is 26.3 Å². The zero-order valence-electron chi connectivity index (χ0n) is 9.83. The molecule has 1 N–H and O–H groups in total. The van der Waals surface area contributed by atoms with Gasteiger partial charge in [0.1, 0.15) is 0 Å². The third kappa shape index (κ3) is 2.92. The van der Waals surface area contributed by atoms with Crippen molar-refractivity contribution in [3.8, 4) is 0 Å². The number of carbonyl (C=O) groups excluding carboxylic acids is 1. The lowest BCUT2D eigenvalue weighted by atomic mass is 9.97. The van der Waals surface area contributed by atoms with Crippen LogP contribution in [0.1, 0.15) is 41.6 Å². The first-order chi connectivity index (χ1) is 7.75. The summed E-state index contributed by atoms with van der Waals surface area (Å²) in [6.07, 6.45) is 4.27. The molecule has 0 amide bonds. The summed E-state index contributed by atoms with van der Waals surface area (Å²) in [6, 6.07) is 8.26. The van der Waals surface area contributed by atoms with Crippen LogP contribution >= 0.6 is 0 Å². The van der Waals surface area contributed by atoms with Gasteiger partial charge in [-0.1, -0.05) is 36.2 Å². The number of ketones is 1. The second kappa shape index (κ2) is 5.26. The van der Waals surface area contributed by atoms with E-state index in [4.69, 9.17) is 0 Å². The molecule has 86 valence electrons. The molecule has 2 heteroatoms. The van der Waals surface area contributed by atoms with Crippen LogP contribution in [0.5, 0.6) is 0 Å². The van der Waals surface area contributed by atoms with E-state index in [1.54, 1.807) is 0 Å². The molecule has 2 rings (SSSR count). The monoisotopic (exact) mass is 217 g/mol. The zero-order chi connectivity index (χ0) is 11.4. The molecule has 1 aromatic carbocycles. The highest BCUT2D eigenvalue weighted by Gasteiger charge is 2.16. The second-order valence-electron chi connectivity index (χ2n) is 4.64. The highest BCUT2D eigenvalue weighted by molar-refractivity contribution is 5.96. The van der Waals surface area contributed by atoms with Crippen molar-refractivity contribution in [2.24, 2.45) is 0 Å². The fraction of sp³-hybridized carbons (Fsp3) is 0.500. The maximum Gasteiger partial charge on any atom is 0.164 e. The van der Waals surface area contributed by atoms with Crippen LogP contribution in [0, 0.1) is 6.92 Å². The molecule has 1 atom stereocenters. The molecule has 0 aromatic heterocycles. The summed E-state index contributed by atoms with van der Waals surface area (Å²) in [5, 5.41) is 3.41. The van der Waals surface area contributed by atoms with E-state index in [1.165, 1.54) is 18.4 Å². The number of hydrogen-bond acceptors (Lipinski definition) is 2. The number of carbonyl (C=O) groups is 1. The second-order valence-corrected chi connectivity index (χ2v) is 4.64. The van der Waals surface area contributed by atoms with E-state index >= 15 is 0 Å². The Kier molecular flexibility index (Phi) is 3.73. The number of rotatable bonds is 3. The fourth-order valence-corrected chi connectivity index (χ4v) is 2.18. The lowest BCUT2D eigenvalue weighted by molar-refractivity contribution is 0.0963. The molecular formula is C14H19NO. The predicted octanol–water partition coefficient (Wildman–Crippen LogP) is 2.71. The standard InChI is InChI=1S/C14H19NO/c1-11-5-7-12(8-6-11)14(16)10-13-4-2-3-9-15-13/h5-8,13,15H,2-4,9-10H2,1H3. The molecule has 0 bridgehead atoms. The van der Waals surface area contributed by atoms with Gasteiger partial charge in [0.05, 0.1) is 0 Å². The minimum Gasteiger partial charge on any atom is -0.314 e. The Morgan fingerprint density at radius 1 is 1.31 bits per heavy atom. The van der Waals surface area contributed by atoms with Crippen molar-refractivity contribution < 1.29 is 4.79 Å². The highest BCUT2D eigenvalue weighted by Crippen LogP contribution is 2.14. The first kappa shape index (κ1) is 11.3. The molecule has 1 aromatic rings. The van der Waals surface area contributed by atoms with E-state index in [1.807, 2.05) is 31.2 Å². The van der Waals surface area contributed by atoms with Crippen molar-refractivity contribution in [1.29, 1.82) is 0 Å². The molecule has 1 aliphatic heterocycles. The summed E-state index contributed by atoms with van der Waals surface area (Å²) in [6.45, 7) is 3.10. The van der Waals surface area contributed by atoms with Gasteiger partial charge in [0.25, 0.3) is 0 Å². The van der Waals surface area contributed by atoms with Crippen LogP contribution < -0.4 is 5.32 Å². The van der Waals surface area contributed by atoms with Gasteiger partial charge < -0.3 is 5.32 Å². The van der Waals surface area contributed by atoms with E-state index in [-0.39, 0.29) is 5.78 Å². The van der Waals surface area contributed by atoms with Gasteiger partial charge in [-0.25, -0.2) is 0 Å². The summed E-state index contributed by atoms with van der Waals surface area (Å²) >= 11 is 0. The van der Waals surface area contributed by atoms with Crippen molar-refractivity contribution in [1.82, 2.24) is 5.32 Å². The lowest BCUT2D eigenvalue weighted by Gasteiger charge is -2.22. The van der Waals surface area contributed by atoms with Crippen LogP contribution in [0.3, 0.4) is 0 Å². The predicted molar refractivity (Wildman–Crippen MR) is 65.8 cm³/mol. The zero-order valence-corrected chi connectivity index (χ0v) is 9.83. The number of aryl methyl sites for hydroxylation is 1. The Balaban J connectivity index is 1.94. The third-order valence-electron chi connectivity index (χ3n) is 3.22. The van der Waals surface area contributed by atoms with E-state index in [0.717, 1.165) is 18.5 Å². The normalized spacial score (nSPS) is 20.7. The van der Waals surface area contributed by atoms with Crippen LogP contribution in [-0.2, 0) is 0 Å². The summed E-state index contributed by atoms with van der Waals surface area (Å²) in [4.78, 5) is 12.0. The van der Waals surface area contributed by atoms with Gasteiger partial charge >= 0.3 is 0 Å². The lowest BCUT2D eigenvalue weighted by Crippen LogP contribution is -2.35. The minimum absolute atomic E-state index is 0.263. The molecule has 0 aliphatic carbocycles. The topological polar surface area (TPSA) is 29.1 Å². The molecule has 0 radical (unpaired) electrons. The van der Waals surface area contributed by atoms with Crippen molar-refractivity contribution in [3.05, 3.63) is 35.4 Å². The van der Waals surface area contributed by atoms with E-state index in [0.29, 0.717) is 12.5 Å². The Labute approximate surface area is 97.1 Å². The molecular weight excluding hydrogens is 198 g/mol. The molecule has 1 fully saturated rings. The van der Waals surface area contributed by atoms with Gasteiger partial charge in [0.2, 0.25) is 0 Å². The van der Waals surface area contributed by atoms with Crippen molar-refractivity contribution in [2.75, 3.05) is 6.54 Å². The number of benzene rings is 1. The van der Waals surface area contributed by atoms with E-state index in [9.17, 15) is 4.79 Å². The van der Waals surface area contributed by atoms with Crippen molar-refractivity contribution in [2.45, 2.75) is 38.6 Å². The Morgan fingerprint density at radius 3 is 2.69 bits per heavy atom. The smallest absolute Gasteiger partial charge is 0.164 e. The van der Waals surface area contributed by atoms with Gasteiger partial charge in [-0.15, -0.1) is 0 Å². The first-order valence-corrected chi connectivity index (χ1v) is 6.09. The maximum atomic E-state index is 12.0. The number of hydrogen-bond donors (Lipinski definition) is 1. The number of nitrogens with one attached hydrogen (secondary N) is 1. The molecule has 0 saturated carbocycles. The van der Waals surface area contributed by atoms with Crippen LogP contribution in [0.4, 0.5) is 0 Å². The van der Waals surface area contributed by atoms with Gasteiger partial charge in [-0.3, -0.25) is 4.79 Å². The summed E-state index contributed by atoms with van der Waals surface area (Å²) in [5.41, 5.74) is 2.05. The third-order valence-corrected chi connectivity index (χ3v) is 3.22. The molecule has 16 heavy (non-hydrogen) atoms. The SMILES string of the molecule is Cc1ccc(C(=O)CC2CCCCN2)cc1. The molecule has 1 unspecified atom stereocenters.